The molecule has 0 unspecified atom stereocenters. The number of hydrogen-bond acceptors (Lipinski definition) is 3. The van der Waals surface area contributed by atoms with Gasteiger partial charge in [0, 0.05) is 17.6 Å². The first-order chi connectivity index (χ1) is 8.36. The molecule has 0 bridgehead atoms. The van der Waals surface area contributed by atoms with Crippen LogP contribution < -0.4 is 4.74 Å². The van der Waals surface area contributed by atoms with Crippen LogP contribution in [0.3, 0.4) is 0 Å². The third-order valence-corrected chi connectivity index (χ3v) is 1.86. The molecule has 0 aliphatic carbocycles. The highest BCUT2D eigenvalue weighted by atomic mass is 16.5. The van der Waals surface area contributed by atoms with Crippen molar-refractivity contribution in [2.24, 2.45) is 5.11 Å². The Kier molecular flexibility index (Phi) is 6.12. The maximum Gasteiger partial charge on any atom is 0.119 e. The van der Waals surface area contributed by atoms with Crippen molar-refractivity contribution < 1.29 is 9.47 Å². The molecule has 0 aromatic heterocycles. The predicted octanol–water partition coefficient (Wildman–Crippen LogP) is 2.37. The van der Waals surface area contributed by atoms with Gasteiger partial charge in [-0.3, -0.25) is 0 Å². The van der Waals surface area contributed by atoms with Gasteiger partial charge in [-0.1, -0.05) is 17.0 Å². The van der Waals surface area contributed by atoms with Crippen molar-refractivity contribution in [2.45, 2.75) is 0 Å². The highest BCUT2D eigenvalue weighted by Crippen LogP contribution is 2.11. The summed E-state index contributed by atoms with van der Waals surface area (Å²) in [5.41, 5.74) is 8.92. The monoisotopic (exact) mass is 231 g/mol. The van der Waals surface area contributed by atoms with E-state index in [4.69, 9.17) is 15.0 Å². The molecule has 0 heterocycles. The van der Waals surface area contributed by atoms with Crippen LogP contribution in [0.5, 0.6) is 5.75 Å². The number of methoxy groups -OCH3 is 1. The lowest BCUT2D eigenvalue weighted by atomic mass is 10.2. The summed E-state index contributed by atoms with van der Waals surface area (Å²) in [5.74, 6) is 6.40. The molecule has 0 radical (unpaired) electrons. The first kappa shape index (κ1) is 12.9. The summed E-state index contributed by atoms with van der Waals surface area (Å²) in [6.07, 6.45) is 0. The maximum absolute atomic E-state index is 8.07. The van der Waals surface area contributed by atoms with Crippen molar-refractivity contribution in [1.82, 2.24) is 0 Å². The van der Waals surface area contributed by atoms with Gasteiger partial charge >= 0.3 is 0 Å². The minimum absolute atomic E-state index is 0.183. The maximum atomic E-state index is 8.07. The molecule has 0 aliphatic heterocycles. The summed E-state index contributed by atoms with van der Waals surface area (Å²) in [6.45, 7) is 1.27. The van der Waals surface area contributed by atoms with Gasteiger partial charge in [0.15, 0.2) is 0 Å². The zero-order valence-electron chi connectivity index (χ0n) is 9.59. The number of ether oxygens (including phenoxy) is 2. The van der Waals surface area contributed by atoms with Gasteiger partial charge in [-0.05, 0) is 29.8 Å². The Balaban J connectivity index is 2.48. The van der Waals surface area contributed by atoms with E-state index in [-0.39, 0.29) is 6.54 Å². The van der Waals surface area contributed by atoms with Crippen molar-refractivity contribution in [1.29, 1.82) is 0 Å². The Morgan fingerprint density at radius 3 is 2.71 bits per heavy atom. The van der Waals surface area contributed by atoms with Crippen LogP contribution >= 0.6 is 0 Å². The molecule has 1 aromatic carbocycles. The van der Waals surface area contributed by atoms with Gasteiger partial charge in [0.2, 0.25) is 0 Å². The van der Waals surface area contributed by atoms with Crippen molar-refractivity contribution in [3.63, 3.8) is 0 Å². The molecule has 0 fully saturated rings. The average Bonchev–Trinajstić information content (AvgIpc) is 2.37. The Morgan fingerprint density at radius 1 is 1.29 bits per heavy atom. The summed E-state index contributed by atoms with van der Waals surface area (Å²) in [5, 5.41) is 3.32. The second kappa shape index (κ2) is 8.05. The molecule has 0 atom stereocenters. The summed E-state index contributed by atoms with van der Waals surface area (Å²) in [7, 11) is 1.63. The van der Waals surface area contributed by atoms with Crippen molar-refractivity contribution >= 4 is 0 Å². The lowest BCUT2D eigenvalue weighted by Crippen LogP contribution is -2.03. The Labute approximate surface area is 100.0 Å². The first-order valence-electron chi connectivity index (χ1n) is 5.08. The lowest BCUT2D eigenvalue weighted by molar-refractivity contribution is 0.146. The van der Waals surface area contributed by atoms with E-state index in [0.29, 0.717) is 13.2 Å². The van der Waals surface area contributed by atoms with Crippen LogP contribution in [0.1, 0.15) is 5.56 Å². The number of azide groups is 1. The zero-order chi connectivity index (χ0) is 12.3. The van der Waals surface area contributed by atoms with Crippen LogP contribution in [-0.4, -0.2) is 26.9 Å². The first-order valence-corrected chi connectivity index (χ1v) is 5.08. The Bertz CT molecular complexity index is 439. The van der Waals surface area contributed by atoms with Crippen molar-refractivity contribution in [3.8, 4) is 17.6 Å². The van der Waals surface area contributed by atoms with Crippen molar-refractivity contribution in [2.75, 3.05) is 26.9 Å². The Morgan fingerprint density at radius 2 is 2.06 bits per heavy atom. The van der Waals surface area contributed by atoms with Gasteiger partial charge < -0.3 is 9.47 Å². The summed E-state index contributed by atoms with van der Waals surface area (Å²) in [4.78, 5) is 2.61. The summed E-state index contributed by atoms with van der Waals surface area (Å²) >= 11 is 0. The number of hydrogen-bond donors (Lipinski definition) is 0. The number of benzene rings is 1. The highest BCUT2D eigenvalue weighted by Gasteiger charge is 1.92. The van der Waals surface area contributed by atoms with Crippen LogP contribution in [0, 0.1) is 11.8 Å². The highest BCUT2D eigenvalue weighted by molar-refractivity contribution is 5.38. The zero-order valence-corrected chi connectivity index (χ0v) is 9.59. The van der Waals surface area contributed by atoms with Crippen molar-refractivity contribution in [3.05, 3.63) is 40.3 Å². The quantitative estimate of drug-likeness (QED) is 0.257. The third kappa shape index (κ3) is 5.47. The van der Waals surface area contributed by atoms with Crippen LogP contribution in [0.25, 0.3) is 10.4 Å². The number of nitrogens with zero attached hydrogens (tertiary/aromatic N) is 3. The Hall–Kier alpha value is -2.15. The molecule has 5 nitrogen and oxygen atoms in total. The molecule has 5 heteroatoms. The van der Waals surface area contributed by atoms with E-state index >= 15 is 0 Å². The smallest absolute Gasteiger partial charge is 0.119 e. The van der Waals surface area contributed by atoms with E-state index in [0.717, 1.165) is 11.3 Å². The van der Waals surface area contributed by atoms with E-state index in [1.165, 1.54) is 0 Å². The molecule has 0 amide bonds. The molecular formula is C12H13N3O2. The van der Waals surface area contributed by atoms with E-state index in [1.807, 2.05) is 24.3 Å². The fourth-order valence-electron chi connectivity index (χ4n) is 1.09. The largest absolute Gasteiger partial charge is 0.491 e. The topological polar surface area (TPSA) is 67.2 Å². The molecule has 88 valence electrons. The normalized spacial score (nSPS) is 8.76. The summed E-state index contributed by atoms with van der Waals surface area (Å²) in [6, 6.07) is 7.39. The van der Waals surface area contributed by atoms with Crippen LogP contribution in [0.2, 0.25) is 0 Å². The fourth-order valence-corrected chi connectivity index (χ4v) is 1.09. The van der Waals surface area contributed by atoms with Gasteiger partial charge in [-0.2, -0.15) is 0 Å². The second-order valence-corrected chi connectivity index (χ2v) is 3.06. The minimum atomic E-state index is 0.183. The minimum Gasteiger partial charge on any atom is -0.491 e. The van der Waals surface area contributed by atoms with Crippen LogP contribution in [-0.2, 0) is 4.74 Å². The molecule has 0 spiro atoms. The predicted molar refractivity (Wildman–Crippen MR) is 64.7 cm³/mol. The van der Waals surface area contributed by atoms with Gasteiger partial charge in [-0.25, -0.2) is 0 Å². The van der Waals surface area contributed by atoms with Gasteiger partial charge in [0.05, 0.1) is 13.2 Å². The molecule has 17 heavy (non-hydrogen) atoms. The summed E-state index contributed by atoms with van der Waals surface area (Å²) < 4.78 is 10.3. The van der Waals surface area contributed by atoms with E-state index in [2.05, 4.69) is 21.9 Å². The molecule has 0 saturated heterocycles. The SMILES string of the molecule is COCCOc1ccc(C#CCN=[N+]=[N-])cc1. The third-order valence-electron chi connectivity index (χ3n) is 1.86. The van der Waals surface area contributed by atoms with Crippen LogP contribution in [0.15, 0.2) is 29.4 Å². The van der Waals surface area contributed by atoms with Gasteiger partial charge in [0.1, 0.15) is 12.4 Å². The van der Waals surface area contributed by atoms with Gasteiger partial charge in [-0.15, -0.1) is 0 Å². The second-order valence-electron chi connectivity index (χ2n) is 3.06. The molecule has 1 rings (SSSR count). The molecule has 0 aliphatic rings. The van der Waals surface area contributed by atoms with E-state index in [9.17, 15) is 0 Å². The van der Waals surface area contributed by atoms with E-state index < -0.39 is 0 Å². The fraction of sp³-hybridized carbons (Fsp3) is 0.333. The molecule has 1 aromatic rings. The van der Waals surface area contributed by atoms with Gasteiger partial charge in [0.25, 0.3) is 0 Å². The standard InChI is InChI=1S/C12H13N3O2/c1-16-9-10-17-12-6-4-11(5-7-12)3-2-8-14-15-13/h4-7H,8-10H2,1H3. The lowest BCUT2D eigenvalue weighted by Gasteiger charge is -2.04. The average molecular weight is 231 g/mol. The molecule has 0 saturated carbocycles. The van der Waals surface area contributed by atoms with Crippen LogP contribution in [0.4, 0.5) is 0 Å². The van der Waals surface area contributed by atoms with E-state index in [1.54, 1.807) is 7.11 Å². The molecular weight excluding hydrogens is 218 g/mol. The molecule has 0 N–H and O–H groups in total. The number of rotatable bonds is 5.